The fourth-order valence-electron chi connectivity index (χ4n) is 1.68. The van der Waals surface area contributed by atoms with Gasteiger partial charge in [-0.1, -0.05) is 18.7 Å². The van der Waals surface area contributed by atoms with E-state index in [-0.39, 0.29) is 6.04 Å². The molecule has 0 saturated heterocycles. The third-order valence-electron chi connectivity index (χ3n) is 2.18. The van der Waals surface area contributed by atoms with Gasteiger partial charge in [-0.15, -0.1) is 0 Å². The second-order valence-corrected chi connectivity index (χ2v) is 7.14. The molecule has 0 bridgehead atoms. The number of thioether (sulfide) groups is 1. The molecule has 1 heterocycles. The Labute approximate surface area is 99.0 Å². The van der Waals surface area contributed by atoms with Gasteiger partial charge in [0.1, 0.15) is 0 Å². The van der Waals surface area contributed by atoms with E-state index in [1.165, 1.54) is 0 Å². The molecule has 3 nitrogen and oxygen atoms in total. The summed E-state index contributed by atoms with van der Waals surface area (Å²) in [6, 6.07) is 0.641. The highest BCUT2D eigenvalue weighted by molar-refractivity contribution is 8.14. The molecule has 0 saturated carbocycles. The topological polar surface area (TPSA) is 41.5 Å². The highest BCUT2D eigenvalue weighted by atomic mass is 32.2. The summed E-state index contributed by atoms with van der Waals surface area (Å²) >= 11 is 1.79. The second kappa shape index (κ2) is 5.89. The van der Waals surface area contributed by atoms with Crippen LogP contribution >= 0.6 is 11.8 Å². The lowest BCUT2D eigenvalue weighted by atomic mass is 10.2. The van der Waals surface area contributed by atoms with Crippen LogP contribution in [0, 0.1) is 0 Å². The molecule has 0 amide bonds. The van der Waals surface area contributed by atoms with Crippen molar-refractivity contribution >= 4 is 27.7 Å². The molecule has 5 heteroatoms. The van der Waals surface area contributed by atoms with Crippen LogP contribution in [-0.2, 0) is 10.8 Å². The lowest BCUT2D eigenvalue weighted by Crippen LogP contribution is -2.37. The highest BCUT2D eigenvalue weighted by Gasteiger charge is 2.19. The van der Waals surface area contributed by atoms with E-state index in [2.05, 4.69) is 31.1 Å². The molecule has 0 radical (unpaired) electrons. The van der Waals surface area contributed by atoms with Gasteiger partial charge in [-0.2, -0.15) is 0 Å². The van der Waals surface area contributed by atoms with Crippen molar-refractivity contribution in [3.05, 3.63) is 0 Å². The Bertz CT molecular complexity index is 268. The summed E-state index contributed by atoms with van der Waals surface area (Å²) in [5, 5.41) is 4.97. The van der Waals surface area contributed by atoms with E-state index in [4.69, 9.17) is 0 Å². The van der Waals surface area contributed by atoms with E-state index in [9.17, 15) is 4.21 Å². The van der Waals surface area contributed by atoms with Crippen molar-refractivity contribution < 1.29 is 4.21 Å². The van der Waals surface area contributed by atoms with Gasteiger partial charge in [0, 0.05) is 34.1 Å². The van der Waals surface area contributed by atoms with Crippen LogP contribution in [0.3, 0.4) is 0 Å². The van der Waals surface area contributed by atoms with Crippen molar-refractivity contribution in [1.82, 2.24) is 5.32 Å². The van der Waals surface area contributed by atoms with E-state index in [1.807, 2.05) is 0 Å². The van der Waals surface area contributed by atoms with Crippen molar-refractivity contribution in [2.24, 2.45) is 4.99 Å². The van der Waals surface area contributed by atoms with Crippen molar-refractivity contribution in [3.8, 4) is 0 Å². The minimum Gasteiger partial charge on any atom is -0.362 e. The first kappa shape index (κ1) is 13.0. The van der Waals surface area contributed by atoms with Gasteiger partial charge in [-0.3, -0.25) is 9.20 Å². The summed E-state index contributed by atoms with van der Waals surface area (Å²) in [5.41, 5.74) is 0. The van der Waals surface area contributed by atoms with E-state index >= 15 is 0 Å². The van der Waals surface area contributed by atoms with Gasteiger partial charge in [-0.25, -0.2) is 0 Å². The van der Waals surface area contributed by atoms with E-state index < -0.39 is 10.8 Å². The maximum absolute atomic E-state index is 11.0. The number of hydrogen-bond acceptors (Lipinski definition) is 4. The Morgan fingerprint density at radius 2 is 2.33 bits per heavy atom. The Morgan fingerprint density at radius 3 is 2.87 bits per heavy atom. The Morgan fingerprint density at radius 1 is 1.67 bits per heavy atom. The average Bonchev–Trinajstić information content (AvgIpc) is 1.98. The van der Waals surface area contributed by atoms with Crippen LogP contribution in [-0.4, -0.2) is 38.7 Å². The predicted octanol–water partition coefficient (Wildman–Crippen LogP) is 1.61. The van der Waals surface area contributed by atoms with Crippen molar-refractivity contribution in [2.45, 2.75) is 44.5 Å². The molecule has 88 valence electrons. The van der Waals surface area contributed by atoms with Crippen LogP contribution in [0.4, 0.5) is 0 Å². The third kappa shape index (κ3) is 5.02. The largest absolute Gasteiger partial charge is 0.362 e. The summed E-state index contributed by atoms with van der Waals surface area (Å²) in [6.07, 6.45) is 2.88. The predicted molar refractivity (Wildman–Crippen MR) is 70.1 cm³/mol. The quantitative estimate of drug-likeness (QED) is 0.825. The Kier molecular flexibility index (Phi) is 5.12. The first-order valence-corrected chi connectivity index (χ1v) is 7.89. The van der Waals surface area contributed by atoms with E-state index in [0.29, 0.717) is 17.0 Å². The van der Waals surface area contributed by atoms with Crippen molar-refractivity contribution in [2.75, 3.05) is 12.0 Å². The highest BCUT2D eigenvalue weighted by Crippen LogP contribution is 2.23. The van der Waals surface area contributed by atoms with Gasteiger partial charge < -0.3 is 5.32 Å². The molecule has 1 aliphatic heterocycles. The first-order valence-electron chi connectivity index (χ1n) is 5.28. The number of rotatable bonds is 3. The molecule has 1 N–H and O–H groups in total. The molecule has 0 aromatic heterocycles. The van der Waals surface area contributed by atoms with Crippen LogP contribution in [0.25, 0.3) is 0 Å². The minimum absolute atomic E-state index is 0.236. The Balaban J connectivity index is 2.46. The molecule has 0 aromatic rings. The number of nitrogens with zero attached hydrogens (tertiary/aromatic N) is 1. The molecule has 15 heavy (non-hydrogen) atoms. The fraction of sp³-hybridized carbons (Fsp3) is 0.900. The van der Waals surface area contributed by atoms with E-state index in [0.717, 1.165) is 11.6 Å². The van der Waals surface area contributed by atoms with Crippen molar-refractivity contribution in [3.63, 3.8) is 0 Å². The van der Waals surface area contributed by atoms with E-state index in [1.54, 1.807) is 18.0 Å². The molecular formula is C10H20N2OS2. The van der Waals surface area contributed by atoms with Crippen LogP contribution in [0.15, 0.2) is 4.99 Å². The van der Waals surface area contributed by atoms with Gasteiger partial charge >= 0.3 is 0 Å². The summed E-state index contributed by atoms with van der Waals surface area (Å²) < 4.78 is 11.0. The molecular weight excluding hydrogens is 228 g/mol. The zero-order valence-electron chi connectivity index (χ0n) is 9.82. The smallest absolute Gasteiger partial charge is 0.157 e. The number of hydrogen-bond donors (Lipinski definition) is 1. The molecule has 0 spiro atoms. The van der Waals surface area contributed by atoms with Crippen LogP contribution in [0.2, 0.25) is 0 Å². The minimum atomic E-state index is -0.744. The molecule has 4 atom stereocenters. The van der Waals surface area contributed by atoms with Gasteiger partial charge in [0.05, 0.1) is 6.04 Å². The average molecular weight is 248 g/mol. The molecule has 0 aliphatic carbocycles. The molecule has 1 rings (SSSR count). The summed E-state index contributed by atoms with van der Waals surface area (Å²) in [6.45, 7) is 6.41. The van der Waals surface area contributed by atoms with Crippen molar-refractivity contribution in [1.29, 1.82) is 0 Å². The van der Waals surface area contributed by atoms with Gasteiger partial charge in [0.25, 0.3) is 0 Å². The number of amidine groups is 1. The fourth-order valence-corrected chi connectivity index (χ4v) is 3.73. The number of nitrogens with one attached hydrogen (secondary N) is 1. The molecule has 0 aromatic carbocycles. The summed E-state index contributed by atoms with van der Waals surface area (Å²) in [7, 11) is -0.744. The first-order chi connectivity index (χ1) is 6.97. The molecule has 4 unspecified atom stereocenters. The maximum atomic E-state index is 11.0. The summed E-state index contributed by atoms with van der Waals surface area (Å²) in [5.74, 6) is 0.683. The van der Waals surface area contributed by atoms with Crippen LogP contribution < -0.4 is 5.32 Å². The van der Waals surface area contributed by atoms with Gasteiger partial charge in [0.15, 0.2) is 5.17 Å². The normalized spacial score (nSPS) is 30.5. The summed E-state index contributed by atoms with van der Waals surface area (Å²) in [4.78, 5) is 4.55. The molecule has 0 fully saturated rings. The number of aliphatic imine (C=N–C) groups is 1. The van der Waals surface area contributed by atoms with Gasteiger partial charge in [-0.05, 0) is 20.3 Å². The van der Waals surface area contributed by atoms with Gasteiger partial charge in [0.2, 0.25) is 0 Å². The zero-order chi connectivity index (χ0) is 11.4. The second-order valence-electron chi connectivity index (χ2n) is 4.23. The lowest BCUT2D eigenvalue weighted by Gasteiger charge is -2.25. The molecule has 1 aliphatic rings. The maximum Gasteiger partial charge on any atom is 0.157 e. The standard InChI is InChI=1S/C10H20N2OS2/c1-7-5-9(3)14-10(11-7)12-8(2)6-15(4)13/h7-9H,5-6H2,1-4H3,(H,11,12). The SMILES string of the molecule is CC1CC(C)SC(NC(C)CS(C)=O)=N1. The third-order valence-corrected chi connectivity index (χ3v) is 4.19. The Hall–Kier alpha value is -0.0300. The monoisotopic (exact) mass is 248 g/mol. The van der Waals surface area contributed by atoms with Crippen LogP contribution in [0.1, 0.15) is 27.2 Å². The lowest BCUT2D eigenvalue weighted by molar-refractivity contribution is 0.644. The zero-order valence-corrected chi connectivity index (χ0v) is 11.5. The van der Waals surface area contributed by atoms with Crippen LogP contribution in [0.5, 0.6) is 0 Å².